The lowest BCUT2D eigenvalue weighted by molar-refractivity contribution is -0.125. The molecule has 0 unspecified atom stereocenters. The predicted molar refractivity (Wildman–Crippen MR) is 103 cm³/mol. The van der Waals surface area contributed by atoms with Gasteiger partial charge in [-0.05, 0) is 31.4 Å². The molecule has 1 N–H and O–H groups in total. The topological polar surface area (TPSA) is 58.1 Å². The normalized spacial score (nSPS) is 15.7. The van der Waals surface area contributed by atoms with Gasteiger partial charge in [0, 0.05) is 30.3 Å². The number of halogens is 1. The number of amides is 1. The Morgan fingerprint density at radius 1 is 1.35 bits per heavy atom. The van der Waals surface area contributed by atoms with Gasteiger partial charge in [0.1, 0.15) is 18.0 Å². The lowest BCUT2D eigenvalue weighted by Crippen LogP contribution is -2.41. The zero-order chi connectivity index (χ0) is 18.1. The Morgan fingerprint density at radius 2 is 2.15 bits per heavy atom. The second kappa shape index (κ2) is 7.15. The van der Waals surface area contributed by atoms with Gasteiger partial charge in [-0.25, -0.2) is 14.4 Å². The van der Waals surface area contributed by atoms with Gasteiger partial charge in [0.15, 0.2) is 0 Å². The van der Waals surface area contributed by atoms with Crippen LogP contribution in [0.2, 0.25) is 0 Å². The summed E-state index contributed by atoms with van der Waals surface area (Å²) in [5, 5.41) is 3.56. The van der Waals surface area contributed by atoms with Crippen molar-refractivity contribution < 1.29 is 9.18 Å². The molecule has 3 heterocycles. The maximum absolute atomic E-state index is 14.3. The molecule has 2 aromatic heterocycles. The molecule has 1 aliphatic rings. The van der Waals surface area contributed by atoms with E-state index >= 15 is 0 Å². The van der Waals surface area contributed by atoms with Crippen molar-refractivity contribution in [3.05, 3.63) is 30.3 Å². The monoisotopic (exact) mass is 372 g/mol. The highest BCUT2D eigenvalue weighted by atomic mass is 32.1. The molecule has 3 aromatic rings. The van der Waals surface area contributed by atoms with Crippen molar-refractivity contribution in [3.8, 4) is 0 Å². The molecule has 0 saturated carbocycles. The maximum Gasteiger partial charge on any atom is 0.223 e. The van der Waals surface area contributed by atoms with E-state index in [0.29, 0.717) is 10.9 Å². The van der Waals surface area contributed by atoms with Crippen molar-refractivity contribution >= 4 is 43.4 Å². The van der Waals surface area contributed by atoms with Crippen LogP contribution in [-0.2, 0) is 4.79 Å². The highest BCUT2D eigenvalue weighted by molar-refractivity contribution is 7.26. The SMILES string of the molecule is CCCNC(=O)C1CCN(c2ncnc3c2sc2cccc(F)c23)CC1. The number of hydrogen-bond acceptors (Lipinski definition) is 5. The van der Waals surface area contributed by atoms with E-state index in [1.54, 1.807) is 6.07 Å². The molecule has 26 heavy (non-hydrogen) atoms. The number of carbonyl (C=O) groups is 1. The second-order valence-corrected chi connectivity index (χ2v) is 7.69. The number of thiophene rings is 1. The zero-order valence-corrected chi connectivity index (χ0v) is 15.5. The number of aromatic nitrogens is 2. The third-order valence-corrected chi connectivity index (χ3v) is 6.06. The largest absolute Gasteiger partial charge is 0.356 e. The number of hydrogen-bond donors (Lipinski definition) is 1. The standard InChI is InChI=1S/C19H21FN4OS/c1-2-8-21-19(25)12-6-9-24(10-7-12)18-17-16(22-11-23-18)15-13(20)4-3-5-14(15)26-17/h3-5,11-12H,2,6-10H2,1H3,(H,21,25). The summed E-state index contributed by atoms with van der Waals surface area (Å²) in [7, 11) is 0. The number of nitrogens with zero attached hydrogens (tertiary/aromatic N) is 3. The molecule has 1 aliphatic heterocycles. The highest BCUT2D eigenvalue weighted by Gasteiger charge is 2.27. The molecular formula is C19H21FN4OS. The van der Waals surface area contributed by atoms with Crippen LogP contribution < -0.4 is 10.2 Å². The van der Waals surface area contributed by atoms with E-state index in [0.717, 1.165) is 54.1 Å². The predicted octanol–water partition coefficient (Wildman–Crippen LogP) is 3.73. The van der Waals surface area contributed by atoms with Crippen LogP contribution in [0, 0.1) is 11.7 Å². The smallest absolute Gasteiger partial charge is 0.223 e. The number of nitrogens with one attached hydrogen (secondary N) is 1. The summed E-state index contributed by atoms with van der Waals surface area (Å²) in [5.41, 5.74) is 0.677. The molecule has 1 amide bonds. The number of anilines is 1. The fraction of sp³-hybridized carbons (Fsp3) is 0.421. The maximum atomic E-state index is 14.3. The summed E-state index contributed by atoms with van der Waals surface area (Å²) < 4.78 is 16.1. The van der Waals surface area contributed by atoms with E-state index < -0.39 is 0 Å². The van der Waals surface area contributed by atoms with E-state index in [1.807, 2.05) is 6.07 Å². The number of piperidine rings is 1. The van der Waals surface area contributed by atoms with E-state index in [9.17, 15) is 9.18 Å². The molecule has 1 fully saturated rings. The van der Waals surface area contributed by atoms with E-state index in [2.05, 4.69) is 27.1 Å². The van der Waals surface area contributed by atoms with Gasteiger partial charge in [0.25, 0.3) is 0 Å². The van der Waals surface area contributed by atoms with Crippen LogP contribution in [0.1, 0.15) is 26.2 Å². The van der Waals surface area contributed by atoms with Crippen molar-refractivity contribution in [2.24, 2.45) is 5.92 Å². The van der Waals surface area contributed by atoms with E-state index in [-0.39, 0.29) is 17.6 Å². The van der Waals surface area contributed by atoms with Gasteiger partial charge < -0.3 is 10.2 Å². The molecule has 0 radical (unpaired) electrons. The quantitative estimate of drug-likeness (QED) is 0.758. The minimum absolute atomic E-state index is 0.0648. The Balaban J connectivity index is 1.59. The Kier molecular flexibility index (Phi) is 4.72. The van der Waals surface area contributed by atoms with Gasteiger partial charge in [-0.1, -0.05) is 13.0 Å². The Morgan fingerprint density at radius 3 is 2.92 bits per heavy atom. The molecule has 7 heteroatoms. The number of carbonyl (C=O) groups excluding carboxylic acids is 1. The van der Waals surface area contributed by atoms with Crippen LogP contribution in [0.5, 0.6) is 0 Å². The van der Waals surface area contributed by atoms with Crippen molar-refractivity contribution in [3.63, 3.8) is 0 Å². The van der Waals surface area contributed by atoms with Crippen molar-refractivity contribution in [1.29, 1.82) is 0 Å². The summed E-state index contributed by atoms with van der Waals surface area (Å²) in [4.78, 5) is 23.2. The number of benzene rings is 1. The molecule has 0 aliphatic carbocycles. The first-order valence-corrected chi connectivity index (χ1v) is 9.85. The van der Waals surface area contributed by atoms with Gasteiger partial charge in [-0.2, -0.15) is 0 Å². The molecular weight excluding hydrogens is 351 g/mol. The first-order valence-electron chi connectivity index (χ1n) is 9.03. The third-order valence-electron chi connectivity index (χ3n) is 4.92. The van der Waals surface area contributed by atoms with E-state index in [4.69, 9.17) is 0 Å². The summed E-state index contributed by atoms with van der Waals surface area (Å²) in [6.07, 6.45) is 4.07. The Hall–Kier alpha value is -2.28. The summed E-state index contributed by atoms with van der Waals surface area (Å²) in [5.74, 6) is 0.825. The van der Waals surface area contributed by atoms with Crippen LogP contribution in [0.3, 0.4) is 0 Å². The first kappa shape index (κ1) is 17.1. The third kappa shape index (κ3) is 3.00. The molecule has 4 rings (SSSR count). The average Bonchev–Trinajstić information content (AvgIpc) is 3.06. The van der Waals surface area contributed by atoms with Crippen LogP contribution in [-0.4, -0.2) is 35.5 Å². The molecule has 0 bridgehead atoms. The summed E-state index contributed by atoms with van der Waals surface area (Å²) in [6, 6.07) is 5.11. The molecule has 0 spiro atoms. The van der Waals surface area contributed by atoms with Crippen LogP contribution in [0.25, 0.3) is 20.3 Å². The zero-order valence-electron chi connectivity index (χ0n) is 14.7. The lowest BCUT2D eigenvalue weighted by Gasteiger charge is -2.32. The van der Waals surface area contributed by atoms with E-state index in [1.165, 1.54) is 23.7 Å². The van der Waals surface area contributed by atoms with Crippen LogP contribution in [0.15, 0.2) is 24.5 Å². The minimum Gasteiger partial charge on any atom is -0.356 e. The van der Waals surface area contributed by atoms with Gasteiger partial charge in [0.2, 0.25) is 5.91 Å². The van der Waals surface area contributed by atoms with Gasteiger partial charge in [-0.3, -0.25) is 4.79 Å². The van der Waals surface area contributed by atoms with Gasteiger partial charge in [-0.15, -0.1) is 11.3 Å². The molecule has 1 saturated heterocycles. The fourth-order valence-electron chi connectivity index (χ4n) is 3.54. The number of fused-ring (bicyclic) bond motifs is 3. The second-order valence-electron chi connectivity index (χ2n) is 6.64. The van der Waals surface area contributed by atoms with Crippen molar-refractivity contribution in [2.75, 3.05) is 24.5 Å². The van der Waals surface area contributed by atoms with Crippen molar-refractivity contribution in [2.45, 2.75) is 26.2 Å². The molecule has 1 aromatic carbocycles. The number of rotatable bonds is 4. The molecule has 136 valence electrons. The lowest BCUT2D eigenvalue weighted by atomic mass is 9.96. The average molecular weight is 372 g/mol. The van der Waals surface area contributed by atoms with Gasteiger partial charge in [0.05, 0.1) is 15.6 Å². The Bertz CT molecular complexity index is 949. The fourth-order valence-corrected chi connectivity index (χ4v) is 4.72. The van der Waals surface area contributed by atoms with Gasteiger partial charge >= 0.3 is 0 Å². The molecule has 0 atom stereocenters. The summed E-state index contributed by atoms with van der Waals surface area (Å²) in [6.45, 7) is 4.33. The van der Waals surface area contributed by atoms with Crippen molar-refractivity contribution in [1.82, 2.24) is 15.3 Å². The first-order chi connectivity index (χ1) is 12.7. The molecule has 5 nitrogen and oxygen atoms in total. The van der Waals surface area contributed by atoms with Crippen LogP contribution in [0.4, 0.5) is 10.2 Å². The summed E-state index contributed by atoms with van der Waals surface area (Å²) >= 11 is 1.53. The Labute approximate surface area is 155 Å². The minimum atomic E-state index is -0.246. The highest BCUT2D eigenvalue weighted by Crippen LogP contribution is 2.39. The van der Waals surface area contributed by atoms with Crippen LogP contribution >= 0.6 is 11.3 Å².